The maximum atomic E-state index is 11.9. The summed E-state index contributed by atoms with van der Waals surface area (Å²) >= 11 is 9.30. The molecular weight excluding hydrogens is 305 g/mol. The predicted molar refractivity (Wildman–Crippen MR) is 69.0 cm³/mol. The molecule has 1 amide bonds. The van der Waals surface area contributed by atoms with Crippen LogP contribution in [0.4, 0.5) is 0 Å². The second-order valence-corrected chi connectivity index (χ2v) is 4.65. The summed E-state index contributed by atoms with van der Waals surface area (Å²) < 4.78 is 5.61. The first-order chi connectivity index (χ1) is 8.18. The molecule has 17 heavy (non-hydrogen) atoms. The molecule has 1 aromatic carbocycles. The lowest BCUT2D eigenvalue weighted by molar-refractivity contribution is 0.0951. The summed E-state index contributed by atoms with van der Waals surface area (Å²) in [5.41, 5.74) is 1.36. The van der Waals surface area contributed by atoms with E-state index in [4.69, 9.17) is 16.0 Å². The summed E-state index contributed by atoms with van der Waals surface area (Å²) in [6.45, 7) is 0.415. The Hall–Kier alpha value is -1.26. The fraction of sp³-hybridized carbons (Fsp3) is 0.0833. The van der Waals surface area contributed by atoms with Crippen LogP contribution in [0.3, 0.4) is 0 Å². The molecule has 0 aliphatic rings. The van der Waals surface area contributed by atoms with Gasteiger partial charge in [0, 0.05) is 16.6 Å². The standard InChI is InChI=1S/C12H9BrClNO2/c13-10-3-1-2-9(11(10)14)12(16)15-6-8-4-5-17-7-8/h1-5,7H,6H2,(H,15,16). The van der Waals surface area contributed by atoms with Gasteiger partial charge in [0.2, 0.25) is 0 Å². The monoisotopic (exact) mass is 313 g/mol. The first kappa shape index (κ1) is 12.2. The fourth-order valence-electron chi connectivity index (χ4n) is 1.35. The third-order valence-electron chi connectivity index (χ3n) is 2.23. The molecule has 0 aliphatic carbocycles. The van der Waals surface area contributed by atoms with Gasteiger partial charge in [-0.25, -0.2) is 0 Å². The quantitative estimate of drug-likeness (QED) is 0.940. The molecule has 0 aliphatic heterocycles. The van der Waals surface area contributed by atoms with Gasteiger partial charge in [-0.1, -0.05) is 17.7 Å². The number of hydrogen-bond donors (Lipinski definition) is 1. The Balaban J connectivity index is 2.07. The second-order valence-electron chi connectivity index (χ2n) is 3.42. The number of benzene rings is 1. The number of nitrogens with one attached hydrogen (secondary N) is 1. The number of furan rings is 1. The number of hydrogen-bond acceptors (Lipinski definition) is 2. The van der Waals surface area contributed by atoms with Gasteiger partial charge in [0.05, 0.1) is 23.1 Å². The van der Waals surface area contributed by atoms with E-state index in [0.29, 0.717) is 21.6 Å². The summed E-state index contributed by atoms with van der Waals surface area (Å²) in [7, 11) is 0. The van der Waals surface area contributed by atoms with Crippen LogP contribution in [0.5, 0.6) is 0 Å². The normalized spacial score (nSPS) is 10.2. The van der Waals surface area contributed by atoms with Crippen molar-refractivity contribution in [3.8, 4) is 0 Å². The second kappa shape index (κ2) is 5.38. The predicted octanol–water partition coefficient (Wildman–Crippen LogP) is 3.63. The van der Waals surface area contributed by atoms with Crippen LogP contribution in [0.1, 0.15) is 15.9 Å². The van der Waals surface area contributed by atoms with Crippen molar-refractivity contribution < 1.29 is 9.21 Å². The number of halogens is 2. The van der Waals surface area contributed by atoms with Crippen molar-refractivity contribution in [1.82, 2.24) is 5.32 Å². The molecule has 0 unspecified atom stereocenters. The molecule has 0 fully saturated rings. The zero-order valence-electron chi connectivity index (χ0n) is 8.74. The van der Waals surface area contributed by atoms with E-state index in [2.05, 4.69) is 21.2 Å². The van der Waals surface area contributed by atoms with Crippen LogP contribution in [-0.2, 0) is 6.54 Å². The topological polar surface area (TPSA) is 42.2 Å². The lowest BCUT2D eigenvalue weighted by Crippen LogP contribution is -2.22. The van der Waals surface area contributed by atoms with Crippen LogP contribution in [0.25, 0.3) is 0 Å². The summed E-state index contributed by atoms with van der Waals surface area (Å²) in [4.78, 5) is 11.9. The van der Waals surface area contributed by atoms with Crippen molar-refractivity contribution in [2.24, 2.45) is 0 Å². The van der Waals surface area contributed by atoms with Crippen molar-refractivity contribution in [3.63, 3.8) is 0 Å². The van der Waals surface area contributed by atoms with Crippen LogP contribution in [-0.4, -0.2) is 5.91 Å². The van der Waals surface area contributed by atoms with Crippen LogP contribution >= 0.6 is 27.5 Å². The minimum atomic E-state index is -0.211. The summed E-state index contributed by atoms with van der Waals surface area (Å²) in [5, 5.41) is 3.18. The van der Waals surface area contributed by atoms with E-state index in [1.807, 2.05) is 0 Å². The third-order valence-corrected chi connectivity index (χ3v) is 3.53. The van der Waals surface area contributed by atoms with E-state index in [0.717, 1.165) is 5.56 Å². The van der Waals surface area contributed by atoms with Gasteiger partial charge in [-0.15, -0.1) is 0 Å². The maximum absolute atomic E-state index is 11.9. The molecule has 0 spiro atoms. The van der Waals surface area contributed by atoms with E-state index in [1.54, 1.807) is 36.8 Å². The number of amides is 1. The molecular formula is C12H9BrClNO2. The molecule has 0 atom stereocenters. The van der Waals surface area contributed by atoms with Gasteiger partial charge in [0.15, 0.2) is 0 Å². The SMILES string of the molecule is O=C(NCc1ccoc1)c1cccc(Br)c1Cl. The van der Waals surface area contributed by atoms with Crippen molar-refractivity contribution in [2.75, 3.05) is 0 Å². The average Bonchev–Trinajstić information content (AvgIpc) is 2.82. The van der Waals surface area contributed by atoms with Crippen LogP contribution in [0, 0.1) is 0 Å². The highest BCUT2D eigenvalue weighted by molar-refractivity contribution is 9.10. The third kappa shape index (κ3) is 2.90. The summed E-state index contributed by atoms with van der Waals surface area (Å²) in [5.74, 6) is -0.211. The maximum Gasteiger partial charge on any atom is 0.253 e. The smallest absolute Gasteiger partial charge is 0.253 e. The lowest BCUT2D eigenvalue weighted by Gasteiger charge is -2.06. The molecule has 2 aromatic rings. The Morgan fingerprint density at radius 2 is 2.24 bits per heavy atom. The van der Waals surface area contributed by atoms with Gasteiger partial charge in [0.1, 0.15) is 0 Å². The van der Waals surface area contributed by atoms with Crippen LogP contribution < -0.4 is 5.32 Å². The molecule has 0 bridgehead atoms. The lowest BCUT2D eigenvalue weighted by atomic mass is 10.2. The highest BCUT2D eigenvalue weighted by atomic mass is 79.9. The van der Waals surface area contributed by atoms with E-state index < -0.39 is 0 Å². The first-order valence-corrected chi connectivity index (χ1v) is 6.09. The Morgan fingerprint density at radius 3 is 2.94 bits per heavy atom. The number of carbonyl (C=O) groups excluding carboxylic acids is 1. The van der Waals surface area contributed by atoms with Gasteiger partial charge in [0.25, 0.3) is 5.91 Å². The molecule has 5 heteroatoms. The minimum Gasteiger partial charge on any atom is -0.472 e. The van der Waals surface area contributed by atoms with Crippen molar-refractivity contribution in [1.29, 1.82) is 0 Å². The van der Waals surface area contributed by atoms with Gasteiger partial charge >= 0.3 is 0 Å². The molecule has 2 rings (SSSR count). The molecule has 1 heterocycles. The number of rotatable bonds is 3. The zero-order valence-corrected chi connectivity index (χ0v) is 11.1. The average molecular weight is 315 g/mol. The van der Waals surface area contributed by atoms with Gasteiger partial charge in [-0.3, -0.25) is 4.79 Å². The molecule has 1 aromatic heterocycles. The molecule has 0 saturated carbocycles. The molecule has 88 valence electrons. The van der Waals surface area contributed by atoms with Crippen molar-refractivity contribution in [2.45, 2.75) is 6.54 Å². The summed E-state index contributed by atoms with van der Waals surface area (Å²) in [6, 6.07) is 7.03. The minimum absolute atomic E-state index is 0.211. The van der Waals surface area contributed by atoms with Gasteiger partial charge in [-0.05, 0) is 34.1 Å². The van der Waals surface area contributed by atoms with Crippen LogP contribution in [0.15, 0.2) is 45.7 Å². The Labute approximate surface area is 112 Å². The van der Waals surface area contributed by atoms with E-state index in [1.165, 1.54) is 0 Å². The van der Waals surface area contributed by atoms with Crippen molar-refractivity contribution >= 4 is 33.4 Å². The molecule has 1 N–H and O–H groups in total. The van der Waals surface area contributed by atoms with Gasteiger partial charge < -0.3 is 9.73 Å². The Kier molecular flexibility index (Phi) is 3.86. The van der Waals surface area contributed by atoms with E-state index >= 15 is 0 Å². The Morgan fingerprint density at radius 1 is 1.41 bits per heavy atom. The Bertz CT molecular complexity index is 525. The van der Waals surface area contributed by atoms with E-state index in [-0.39, 0.29) is 5.91 Å². The summed E-state index contributed by atoms with van der Waals surface area (Å²) in [6.07, 6.45) is 3.15. The van der Waals surface area contributed by atoms with E-state index in [9.17, 15) is 4.79 Å². The number of carbonyl (C=O) groups is 1. The first-order valence-electron chi connectivity index (χ1n) is 4.92. The molecule has 3 nitrogen and oxygen atoms in total. The zero-order chi connectivity index (χ0) is 12.3. The molecule has 0 saturated heterocycles. The highest BCUT2D eigenvalue weighted by Crippen LogP contribution is 2.25. The molecule has 0 radical (unpaired) electrons. The largest absolute Gasteiger partial charge is 0.472 e. The highest BCUT2D eigenvalue weighted by Gasteiger charge is 2.11. The van der Waals surface area contributed by atoms with Crippen molar-refractivity contribution in [3.05, 3.63) is 57.4 Å². The van der Waals surface area contributed by atoms with Crippen LogP contribution in [0.2, 0.25) is 5.02 Å². The fourth-order valence-corrected chi connectivity index (χ4v) is 1.93. The van der Waals surface area contributed by atoms with Gasteiger partial charge in [-0.2, -0.15) is 0 Å².